The first-order valence-electron chi connectivity index (χ1n) is 9.20. The van der Waals surface area contributed by atoms with Crippen molar-refractivity contribution in [2.75, 3.05) is 20.6 Å². The molecule has 3 nitrogen and oxygen atoms in total. The molecule has 0 aromatic carbocycles. The molecule has 146 valence electrons. The van der Waals surface area contributed by atoms with E-state index in [1.165, 1.54) is 11.1 Å². The number of allylic oxidation sites excluding steroid dienone is 9. The lowest BCUT2D eigenvalue weighted by Gasteiger charge is -2.25. The van der Waals surface area contributed by atoms with E-state index in [-0.39, 0.29) is 0 Å². The van der Waals surface area contributed by atoms with Gasteiger partial charge in [-0.3, -0.25) is 0 Å². The maximum atomic E-state index is 6.33. The number of likely N-dealkylation sites (N-methyl/N-ethyl adjacent to an activating group) is 1. The van der Waals surface area contributed by atoms with Gasteiger partial charge < -0.3 is 10.3 Å². The first-order chi connectivity index (χ1) is 12.4. The molecule has 0 saturated heterocycles. The largest absolute Gasteiger partial charge is 0.375 e. The van der Waals surface area contributed by atoms with Gasteiger partial charge in [-0.25, -0.2) is 5.43 Å². The summed E-state index contributed by atoms with van der Waals surface area (Å²) in [6.45, 7) is 13.6. The molecule has 0 aromatic rings. The van der Waals surface area contributed by atoms with E-state index in [1.807, 2.05) is 38.3 Å². The van der Waals surface area contributed by atoms with Gasteiger partial charge in [0.1, 0.15) is 0 Å². The smallest absolute Gasteiger partial charge is 0.0441 e. The Labute approximate surface area is 165 Å². The summed E-state index contributed by atoms with van der Waals surface area (Å²) in [5.74, 6) is 0.483. The third kappa shape index (κ3) is 10.3. The quantitative estimate of drug-likeness (QED) is 0.338. The summed E-state index contributed by atoms with van der Waals surface area (Å²) in [7, 11) is 3.92. The topological polar surface area (TPSA) is 27.3 Å². The molecule has 1 unspecified atom stereocenters. The van der Waals surface area contributed by atoms with Crippen molar-refractivity contribution in [3.8, 4) is 0 Å². The van der Waals surface area contributed by atoms with Crippen LogP contribution in [0.15, 0.2) is 71.1 Å². The summed E-state index contributed by atoms with van der Waals surface area (Å²) in [5, 5.41) is 0.682. The minimum atomic E-state index is 0.483. The molecule has 0 amide bonds. The van der Waals surface area contributed by atoms with E-state index in [1.54, 1.807) is 6.20 Å². The third-order valence-electron chi connectivity index (χ3n) is 4.11. The molecule has 0 fully saturated rings. The standard InChI is InChI=1S/C22H36ClN3/c1-8-10-11-12-19(5)20(9-2)14-16-26(7)22(18(3)4)17-21(23)13-15-25-24-6/h8,10-13,15,17,20,24-25H,5,9,14,16H2,1-4,6-7H3/b10-8-,12-11-,15-13+,21-17+. The van der Waals surface area contributed by atoms with Gasteiger partial charge in [-0.05, 0) is 51.7 Å². The van der Waals surface area contributed by atoms with Crippen LogP contribution in [0, 0.1) is 5.92 Å². The van der Waals surface area contributed by atoms with Crippen molar-refractivity contribution >= 4 is 11.6 Å². The van der Waals surface area contributed by atoms with Crippen LogP contribution < -0.4 is 10.9 Å². The van der Waals surface area contributed by atoms with Gasteiger partial charge in [-0.2, -0.15) is 0 Å². The molecule has 2 N–H and O–H groups in total. The molecule has 0 rings (SSSR count). The maximum absolute atomic E-state index is 6.33. The summed E-state index contributed by atoms with van der Waals surface area (Å²) in [6, 6.07) is 0. The zero-order chi connectivity index (χ0) is 19.9. The van der Waals surface area contributed by atoms with Crippen LogP contribution in [0.25, 0.3) is 0 Å². The van der Waals surface area contributed by atoms with Crippen LogP contribution in [0.2, 0.25) is 0 Å². The monoisotopic (exact) mass is 377 g/mol. The fraction of sp³-hybridized carbons (Fsp3) is 0.455. The van der Waals surface area contributed by atoms with Crippen molar-refractivity contribution in [2.24, 2.45) is 5.92 Å². The van der Waals surface area contributed by atoms with E-state index < -0.39 is 0 Å². The number of hydrogen-bond acceptors (Lipinski definition) is 3. The molecule has 0 heterocycles. The number of hydrazine groups is 1. The highest BCUT2D eigenvalue weighted by molar-refractivity contribution is 6.31. The Bertz CT molecular complexity index is 564. The fourth-order valence-electron chi connectivity index (χ4n) is 2.57. The molecular weight excluding hydrogens is 342 g/mol. The van der Waals surface area contributed by atoms with Gasteiger partial charge in [0.25, 0.3) is 0 Å². The van der Waals surface area contributed by atoms with Crippen molar-refractivity contribution < 1.29 is 0 Å². The van der Waals surface area contributed by atoms with Gasteiger partial charge in [-0.15, -0.1) is 0 Å². The van der Waals surface area contributed by atoms with Crippen molar-refractivity contribution in [3.05, 3.63) is 71.1 Å². The molecular formula is C22H36ClN3. The average molecular weight is 378 g/mol. The first kappa shape index (κ1) is 24.3. The molecule has 0 bridgehead atoms. The van der Waals surface area contributed by atoms with Crippen LogP contribution in [0.5, 0.6) is 0 Å². The Morgan fingerprint density at radius 1 is 1.23 bits per heavy atom. The SMILES string of the molecule is C=C(/C=C\C=C/C)C(CC)CCN(C)C(/C=C(Cl)\C=C\NNC)=C(C)C. The van der Waals surface area contributed by atoms with Gasteiger partial charge in [0, 0.05) is 37.6 Å². The van der Waals surface area contributed by atoms with Crippen LogP contribution in [0.1, 0.15) is 40.5 Å². The molecule has 0 saturated carbocycles. The third-order valence-corrected chi connectivity index (χ3v) is 4.35. The summed E-state index contributed by atoms with van der Waals surface area (Å²) >= 11 is 6.33. The van der Waals surface area contributed by atoms with E-state index in [0.717, 1.165) is 25.1 Å². The highest BCUT2D eigenvalue weighted by atomic mass is 35.5. The second-order valence-electron chi connectivity index (χ2n) is 6.42. The number of rotatable bonds is 12. The Morgan fingerprint density at radius 3 is 2.46 bits per heavy atom. The van der Waals surface area contributed by atoms with Gasteiger partial charge in [0.2, 0.25) is 0 Å². The first-order valence-corrected chi connectivity index (χ1v) is 9.57. The Morgan fingerprint density at radius 2 is 1.92 bits per heavy atom. The van der Waals surface area contributed by atoms with Crippen molar-refractivity contribution in [1.82, 2.24) is 15.8 Å². The van der Waals surface area contributed by atoms with Gasteiger partial charge in [0.15, 0.2) is 0 Å². The summed E-state index contributed by atoms with van der Waals surface area (Å²) in [6.07, 6.45) is 16.0. The number of hydrogen-bond donors (Lipinski definition) is 2. The van der Waals surface area contributed by atoms with Gasteiger partial charge in [0.05, 0.1) is 0 Å². The molecule has 0 aromatic heterocycles. The Kier molecular flexibility index (Phi) is 13.5. The lowest BCUT2D eigenvalue weighted by atomic mass is 9.93. The van der Waals surface area contributed by atoms with Gasteiger partial charge in [-0.1, -0.05) is 60.6 Å². The Hall–Kier alpha value is -1.71. The normalized spacial score (nSPS) is 13.6. The van der Waals surface area contributed by atoms with E-state index in [4.69, 9.17) is 11.6 Å². The lowest BCUT2D eigenvalue weighted by Crippen LogP contribution is -2.22. The predicted octanol–water partition coefficient (Wildman–Crippen LogP) is 5.68. The van der Waals surface area contributed by atoms with E-state index in [2.05, 4.69) is 62.3 Å². The minimum Gasteiger partial charge on any atom is -0.375 e. The van der Waals surface area contributed by atoms with Crippen LogP contribution in [0.4, 0.5) is 0 Å². The molecule has 0 spiro atoms. The summed E-state index contributed by atoms with van der Waals surface area (Å²) < 4.78 is 0. The van der Waals surface area contributed by atoms with E-state index >= 15 is 0 Å². The number of nitrogens with zero attached hydrogens (tertiary/aromatic N) is 1. The molecule has 0 aliphatic carbocycles. The zero-order valence-corrected chi connectivity index (χ0v) is 18.0. The molecule has 4 heteroatoms. The van der Waals surface area contributed by atoms with Crippen LogP contribution in [-0.2, 0) is 0 Å². The zero-order valence-electron chi connectivity index (χ0n) is 17.3. The lowest BCUT2D eigenvalue weighted by molar-refractivity contribution is 0.379. The average Bonchev–Trinajstić information content (AvgIpc) is 2.60. The van der Waals surface area contributed by atoms with Crippen LogP contribution in [-0.4, -0.2) is 25.5 Å². The highest BCUT2D eigenvalue weighted by Crippen LogP contribution is 2.22. The highest BCUT2D eigenvalue weighted by Gasteiger charge is 2.11. The van der Waals surface area contributed by atoms with E-state index in [9.17, 15) is 0 Å². The van der Waals surface area contributed by atoms with Crippen LogP contribution in [0.3, 0.4) is 0 Å². The molecule has 0 aliphatic heterocycles. The van der Waals surface area contributed by atoms with Crippen molar-refractivity contribution in [1.29, 1.82) is 0 Å². The molecule has 0 radical (unpaired) electrons. The maximum Gasteiger partial charge on any atom is 0.0441 e. The van der Waals surface area contributed by atoms with E-state index in [0.29, 0.717) is 11.0 Å². The second kappa shape index (κ2) is 14.5. The second-order valence-corrected chi connectivity index (χ2v) is 6.85. The minimum absolute atomic E-state index is 0.483. The molecule has 26 heavy (non-hydrogen) atoms. The van der Waals surface area contributed by atoms with Crippen molar-refractivity contribution in [2.45, 2.75) is 40.5 Å². The van der Waals surface area contributed by atoms with Crippen molar-refractivity contribution in [3.63, 3.8) is 0 Å². The molecule has 0 aliphatic rings. The van der Waals surface area contributed by atoms with Gasteiger partial charge >= 0.3 is 0 Å². The number of halogens is 1. The predicted molar refractivity (Wildman–Crippen MR) is 118 cm³/mol. The summed E-state index contributed by atoms with van der Waals surface area (Å²) in [4.78, 5) is 2.27. The molecule has 1 atom stereocenters. The van der Waals surface area contributed by atoms with Crippen LogP contribution >= 0.6 is 11.6 Å². The Balaban J connectivity index is 4.96. The fourth-order valence-corrected chi connectivity index (χ4v) is 2.73. The summed E-state index contributed by atoms with van der Waals surface area (Å²) in [5.41, 5.74) is 9.28. The number of nitrogens with one attached hydrogen (secondary N) is 2.